The lowest BCUT2D eigenvalue weighted by Crippen LogP contribution is -2.36. The summed E-state index contributed by atoms with van der Waals surface area (Å²) in [7, 11) is 0. The van der Waals surface area contributed by atoms with E-state index < -0.39 is 0 Å². The smallest absolute Gasteiger partial charge is 0.0642 e. The van der Waals surface area contributed by atoms with E-state index in [2.05, 4.69) is 29.2 Å². The van der Waals surface area contributed by atoms with E-state index >= 15 is 0 Å². The average molecular weight is 163 g/mol. The van der Waals surface area contributed by atoms with Gasteiger partial charge < -0.3 is 9.64 Å². The van der Waals surface area contributed by atoms with Crippen LogP contribution in [0.3, 0.4) is 0 Å². The summed E-state index contributed by atoms with van der Waals surface area (Å²) in [5.41, 5.74) is 1.31. The number of nitrogens with zero attached hydrogens (tertiary/aromatic N) is 1. The first-order chi connectivity index (χ1) is 5.97. The first-order valence-corrected chi connectivity index (χ1v) is 4.34. The number of hydrogen-bond acceptors (Lipinski definition) is 2. The summed E-state index contributed by atoms with van der Waals surface area (Å²) in [4.78, 5) is 2.35. The van der Waals surface area contributed by atoms with Crippen molar-refractivity contribution in [3.63, 3.8) is 0 Å². The van der Waals surface area contributed by atoms with Crippen molar-refractivity contribution in [3.8, 4) is 0 Å². The monoisotopic (exact) mass is 163 g/mol. The first kappa shape index (κ1) is 7.62. The van der Waals surface area contributed by atoms with Gasteiger partial charge in [-0.05, 0) is 12.1 Å². The van der Waals surface area contributed by atoms with Gasteiger partial charge in [-0.1, -0.05) is 18.2 Å². The second kappa shape index (κ2) is 3.59. The quantitative estimate of drug-likeness (QED) is 0.622. The molecule has 1 aliphatic heterocycles. The van der Waals surface area contributed by atoms with E-state index in [0.29, 0.717) is 0 Å². The second-order valence-corrected chi connectivity index (χ2v) is 2.93. The summed E-state index contributed by atoms with van der Waals surface area (Å²) in [6, 6.07) is 10.5. The Hall–Kier alpha value is -1.02. The van der Waals surface area contributed by atoms with Crippen LogP contribution < -0.4 is 4.90 Å². The van der Waals surface area contributed by atoms with E-state index in [4.69, 9.17) is 4.74 Å². The van der Waals surface area contributed by atoms with Crippen LogP contribution in [0.4, 0.5) is 5.69 Å². The molecule has 0 saturated carbocycles. The molecular formula is C10H13NO. The number of hydrogen-bond donors (Lipinski definition) is 0. The molecule has 1 heterocycles. The number of morpholine rings is 1. The van der Waals surface area contributed by atoms with Crippen LogP contribution in [0.15, 0.2) is 30.3 Å². The second-order valence-electron chi connectivity index (χ2n) is 2.93. The zero-order valence-electron chi connectivity index (χ0n) is 7.07. The molecule has 0 spiro atoms. The Balaban J connectivity index is 2.08. The van der Waals surface area contributed by atoms with Crippen molar-refractivity contribution in [2.75, 3.05) is 31.2 Å². The summed E-state index contributed by atoms with van der Waals surface area (Å²) >= 11 is 0. The maximum Gasteiger partial charge on any atom is 0.0642 e. The lowest BCUT2D eigenvalue weighted by Gasteiger charge is -2.28. The number of ether oxygens (including phenoxy) is 1. The Morgan fingerprint density at radius 2 is 1.67 bits per heavy atom. The normalized spacial score (nSPS) is 17.8. The van der Waals surface area contributed by atoms with Gasteiger partial charge in [-0.2, -0.15) is 0 Å². The number of anilines is 1. The standard InChI is InChI=1S/C10H13NO/c1-2-4-10(5-3-1)11-6-8-12-9-7-11/h1-5H,6-9H2. The van der Waals surface area contributed by atoms with Gasteiger partial charge >= 0.3 is 0 Å². The van der Waals surface area contributed by atoms with Crippen molar-refractivity contribution in [2.45, 2.75) is 0 Å². The van der Waals surface area contributed by atoms with E-state index in [9.17, 15) is 0 Å². The molecule has 1 saturated heterocycles. The molecule has 0 aromatic heterocycles. The third-order valence-corrected chi connectivity index (χ3v) is 2.13. The van der Waals surface area contributed by atoms with Crippen molar-refractivity contribution < 1.29 is 4.74 Å². The minimum atomic E-state index is 0.856. The fourth-order valence-electron chi connectivity index (χ4n) is 1.46. The fraction of sp³-hybridized carbons (Fsp3) is 0.400. The molecular weight excluding hydrogens is 150 g/mol. The molecule has 0 radical (unpaired) electrons. The molecule has 12 heavy (non-hydrogen) atoms. The molecule has 1 aliphatic rings. The van der Waals surface area contributed by atoms with Gasteiger partial charge in [0, 0.05) is 18.8 Å². The molecule has 2 nitrogen and oxygen atoms in total. The zero-order chi connectivity index (χ0) is 8.23. The highest BCUT2D eigenvalue weighted by atomic mass is 16.5. The van der Waals surface area contributed by atoms with Gasteiger partial charge in [0.05, 0.1) is 13.2 Å². The fourth-order valence-corrected chi connectivity index (χ4v) is 1.46. The SMILES string of the molecule is c1ccc(N2CCOCC2)cc1. The molecule has 0 N–H and O–H groups in total. The van der Waals surface area contributed by atoms with Crippen molar-refractivity contribution >= 4 is 5.69 Å². The summed E-state index contributed by atoms with van der Waals surface area (Å²) in [5.74, 6) is 0. The largest absolute Gasteiger partial charge is 0.378 e. The molecule has 0 aliphatic carbocycles. The van der Waals surface area contributed by atoms with E-state index in [1.807, 2.05) is 6.07 Å². The highest BCUT2D eigenvalue weighted by Crippen LogP contribution is 2.13. The number of para-hydroxylation sites is 1. The predicted molar refractivity (Wildman–Crippen MR) is 49.5 cm³/mol. The molecule has 0 unspecified atom stereocenters. The van der Waals surface area contributed by atoms with Crippen LogP contribution in [0.25, 0.3) is 0 Å². The van der Waals surface area contributed by atoms with Crippen molar-refractivity contribution in [2.24, 2.45) is 0 Å². The average Bonchev–Trinajstić information content (AvgIpc) is 2.21. The molecule has 1 aromatic rings. The Morgan fingerprint density at radius 1 is 1.00 bits per heavy atom. The maximum atomic E-state index is 5.28. The molecule has 2 rings (SSSR count). The Kier molecular flexibility index (Phi) is 2.28. The maximum absolute atomic E-state index is 5.28. The third kappa shape index (κ3) is 1.59. The van der Waals surface area contributed by atoms with Crippen molar-refractivity contribution in [3.05, 3.63) is 30.3 Å². The Morgan fingerprint density at radius 3 is 2.33 bits per heavy atom. The Bertz CT molecular complexity index is 229. The first-order valence-electron chi connectivity index (χ1n) is 4.34. The minimum Gasteiger partial charge on any atom is -0.378 e. The number of rotatable bonds is 1. The molecule has 64 valence electrons. The van der Waals surface area contributed by atoms with Gasteiger partial charge in [-0.25, -0.2) is 0 Å². The highest BCUT2D eigenvalue weighted by molar-refractivity contribution is 5.46. The van der Waals surface area contributed by atoms with Gasteiger partial charge in [0.2, 0.25) is 0 Å². The van der Waals surface area contributed by atoms with Gasteiger partial charge in [-0.3, -0.25) is 0 Å². The zero-order valence-corrected chi connectivity index (χ0v) is 7.07. The number of benzene rings is 1. The van der Waals surface area contributed by atoms with E-state index in [-0.39, 0.29) is 0 Å². The lowest BCUT2D eigenvalue weighted by atomic mass is 10.3. The van der Waals surface area contributed by atoms with Crippen molar-refractivity contribution in [1.82, 2.24) is 0 Å². The predicted octanol–water partition coefficient (Wildman–Crippen LogP) is 1.52. The van der Waals surface area contributed by atoms with Crippen LogP contribution in [-0.2, 0) is 4.74 Å². The molecule has 1 fully saturated rings. The molecule has 0 bridgehead atoms. The van der Waals surface area contributed by atoms with Gasteiger partial charge in [0.1, 0.15) is 0 Å². The lowest BCUT2D eigenvalue weighted by molar-refractivity contribution is 0.122. The summed E-state index contributed by atoms with van der Waals surface area (Å²) in [6.07, 6.45) is 0. The topological polar surface area (TPSA) is 12.5 Å². The summed E-state index contributed by atoms with van der Waals surface area (Å²) < 4.78 is 5.28. The van der Waals surface area contributed by atoms with Crippen LogP contribution in [0.1, 0.15) is 0 Å². The van der Waals surface area contributed by atoms with Crippen LogP contribution in [0.2, 0.25) is 0 Å². The van der Waals surface area contributed by atoms with Gasteiger partial charge in [0.25, 0.3) is 0 Å². The summed E-state index contributed by atoms with van der Waals surface area (Å²) in [5, 5.41) is 0. The van der Waals surface area contributed by atoms with E-state index in [0.717, 1.165) is 26.3 Å². The van der Waals surface area contributed by atoms with Crippen LogP contribution in [0, 0.1) is 0 Å². The van der Waals surface area contributed by atoms with Crippen LogP contribution in [-0.4, -0.2) is 26.3 Å². The van der Waals surface area contributed by atoms with Crippen molar-refractivity contribution in [1.29, 1.82) is 0 Å². The van der Waals surface area contributed by atoms with Gasteiger partial charge in [0.15, 0.2) is 0 Å². The van der Waals surface area contributed by atoms with Crippen LogP contribution >= 0.6 is 0 Å². The molecule has 0 atom stereocenters. The minimum absolute atomic E-state index is 0.856. The molecule has 2 heteroatoms. The van der Waals surface area contributed by atoms with E-state index in [1.54, 1.807) is 0 Å². The Labute approximate surface area is 72.8 Å². The highest BCUT2D eigenvalue weighted by Gasteiger charge is 2.09. The van der Waals surface area contributed by atoms with Gasteiger partial charge in [-0.15, -0.1) is 0 Å². The molecule has 1 aromatic carbocycles. The van der Waals surface area contributed by atoms with Crippen LogP contribution in [0.5, 0.6) is 0 Å². The third-order valence-electron chi connectivity index (χ3n) is 2.13. The summed E-state index contributed by atoms with van der Waals surface area (Å²) in [6.45, 7) is 3.75. The molecule has 0 amide bonds. The van der Waals surface area contributed by atoms with E-state index in [1.165, 1.54) is 5.69 Å².